The lowest BCUT2D eigenvalue weighted by Gasteiger charge is -2.41. The van der Waals surface area contributed by atoms with Gasteiger partial charge in [-0.15, -0.1) is 0 Å². The molecule has 1 aromatic heterocycles. The summed E-state index contributed by atoms with van der Waals surface area (Å²) in [5.74, 6) is -1.80. The topological polar surface area (TPSA) is 132 Å². The third kappa shape index (κ3) is 5.94. The van der Waals surface area contributed by atoms with Gasteiger partial charge in [0.1, 0.15) is 0 Å². The Bertz CT molecular complexity index is 820. The highest BCUT2D eigenvalue weighted by Crippen LogP contribution is 2.26. The molecule has 0 saturated carbocycles. The number of fused-ring (bicyclic) bond motifs is 1. The van der Waals surface area contributed by atoms with Crippen LogP contribution < -0.4 is 10.6 Å². The van der Waals surface area contributed by atoms with Crippen LogP contribution in [0.5, 0.6) is 0 Å². The van der Waals surface area contributed by atoms with E-state index in [0.717, 1.165) is 31.4 Å². The number of piperidine rings is 1. The van der Waals surface area contributed by atoms with E-state index in [1.165, 1.54) is 31.0 Å². The number of urea groups is 1. The number of rotatable bonds is 7. The van der Waals surface area contributed by atoms with E-state index >= 15 is 0 Å². The maximum absolute atomic E-state index is 12.4. The number of aromatic nitrogens is 1. The molecule has 170 valence electrons. The van der Waals surface area contributed by atoms with Crippen molar-refractivity contribution in [2.75, 3.05) is 19.6 Å². The summed E-state index contributed by atoms with van der Waals surface area (Å²) >= 11 is 0. The van der Waals surface area contributed by atoms with Crippen molar-refractivity contribution in [1.82, 2.24) is 20.5 Å². The normalized spacial score (nSPS) is 18.6. The minimum absolute atomic E-state index is 0.0801. The predicted octanol–water partition coefficient (Wildman–Crippen LogP) is 1.02. The fraction of sp³-hybridized carbons (Fsp3) is 0.636. The zero-order valence-electron chi connectivity index (χ0n) is 18.0. The molecule has 1 aliphatic heterocycles. The van der Waals surface area contributed by atoms with Crippen molar-refractivity contribution in [3.05, 3.63) is 29.1 Å². The van der Waals surface area contributed by atoms with Crippen LogP contribution in [0, 0.1) is 0 Å². The molecule has 0 bridgehead atoms. The van der Waals surface area contributed by atoms with Crippen LogP contribution in [0.15, 0.2) is 12.1 Å². The van der Waals surface area contributed by atoms with E-state index in [2.05, 4.69) is 22.8 Å². The Morgan fingerprint density at radius 2 is 1.90 bits per heavy atom. The van der Waals surface area contributed by atoms with Crippen molar-refractivity contribution in [3.8, 4) is 0 Å². The monoisotopic (exact) mass is 432 g/mol. The number of carboxylic acids is 1. The number of nitrogens with zero attached hydrogens (tertiary/aromatic N) is 2. The molecule has 0 unspecified atom stereocenters. The third-order valence-corrected chi connectivity index (χ3v) is 6.17. The molecule has 31 heavy (non-hydrogen) atoms. The van der Waals surface area contributed by atoms with E-state index in [9.17, 15) is 24.6 Å². The van der Waals surface area contributed by atoms with Gasteiger partial charge in [-0.3, -0.25) is 9.78 Å². The van der Waals surface area contributed by atoms with Crippen LogP contribution in [0.4, 0.5) is 4.79 Å². The predicted molar refractivity (Wildman–Crippen MR) is 114 cm³/mol. The zero-order valence-corrected chi connectivity index (χ0v) is 18.0. The number of aliphatic carboxylic acids is 1. The van der Waals surface area contributed by atoms with E-state index in [-0.39, 0.29) is 32.0 Å². The Hall–Kier alpha value is -2.68. The molecule has 0 radical (unpaired) electrons. The van der Waals surface area contributed by atoms with Gasteiger partial charge in [-0.05, 0) is 63.0 Å². The number of carbonyl (C=O) groups excluding carboxylic acids is 2. The molecule has 1 aliphatic carbocycles. The van der Waals surface area contributed by atoms with Crippen molar-refractivity contribution in [1.29, 1.82) is 0 Å². The maximum Gasteiger partial charge on any atom is 0.329 e. The Kier molecular flexibility index (Phi) is 7.48. The number of nitrogens with one attached hydrogen (secondary N) is 2. The van der Waals surface area contributed by atoms with Gasteiger partial charge in [0.25, 0.3) is 0 Å². The lowest BCUT2D eigenvalue weighted by Crippen LogP contribution is -2.61. The van der Waals surface area contributed by atoms with Crippen LogP contribution in [0.2, 0.25) is 0 Å². The third-order valence-electron chi connectivity index (χ3n) is 6.17. The second kappa shape index (κ2) is 10.1. The molecule has 2 aliphatic rings. The van der Waals surface area contributed by atoms with Crippen molar-refractivity contribution >= 4 is 17.9 Å². The van der Waals surface area contributed by atoms with Crippen molar-refractivity contribution < 1.29 is 24.6 Å². The lowest BCUT2D eigenvalue weighted by molar-refractivity contribution is -0.152. The molecule has 9 nitrogen and oxygen atoms in total. The van der Waals surface area contributed by atoms with Gasteiger partial charge in [0.05, 0.1) is 5.60 Å². The highest BCUT2D eigenvalue weighted by atomic mass is 16.4. The Morgan fingerprint density at radius 3 is 2.58 bits per heavy atom. The first-order valence-corrected chi connectivity index (χ1v) is 11.0. The largest absolute Gasteiger partial charge is 0.480 e. The standard InChI is InChI=1S/C22H32N4O5/c1-15(27)24-19(20(28)29)22(31)10-13-26(14-11-22)21(30)23-12-4-6-17-9-8-16-5-2-3-7-18(16)25-17/h8-9,19,31H,2-7,10-14H2,1H3,(H,23,30)(H,24,27)(H,28,29)/t19-/m1/s1. The van der Waals surface area contributed by atoms with Crippen LogP contribution >= 0.6 is 0 Å². The van der Waals surface area contributed by atoms with Gasteiger partial charge in [0.2, 0.25) is 5.91 Å². The number of pyridine rings is 1. The number of hydrogen-bond acceptors (Lipinski definition) is 5. The quantitative estimate of drug-likeness (QED) is 0.476. The van der Waals surface area contributed by atoms with Gasteiger partial charge in [-0.2, -0.15) is 0 Å². The molecule has 9 heteroatoms. The second-order valence-electron chi connectivity index (χ2n) is 8.51. The number of amides is 3. The minimum atomic E-state index is -1.58. The van der Waals surface area contributed by atoms with Crippen LogP contribution in [-0.4, -0.2) is 69.3 Å². The molecular formula is C22H32N4O5. The summed E-state index contributed by atoms with van der Waals surface area (Å²) in [5, 5.41) is 25.2. The number of aliphatic hydroxyl groups is 1. The first-order chi connectivity index (χ1) is 14.8. The summed E-state index contributed by atoms with van der Waals surface area (Å²) in [6.45, 7) is 2.17. The van der Waals surface area contributed by atoms with Crippen molar-refractivity contribution in [2.45, 2.75) is 69.9 Å². The van der Waals surface area contributed by atoms with Crippen LogP contribution in [0.1, 0.15) is 56.0 Å². The summed E-state index contributed by atoms with van der Waals surface area (Å²) in [7, 11) is 0. The lowest BCUT2D eigenvalue weighted by atomic mass is 9.84. The second-order valence-corrected chi connectivity index (χ2v) is 8.51. The molecule has 1 fully saturated rings. The minimum Gasteiger partial charge on any atom is -0.480 e. The molecule has 2 heterocycles. The first-order valence-electron chi connectivity index (χ1n) is 11.0. The molecule has 1 aromatic rings. The number of hydrogen-bond donors (Lipinski definition) is 4. The molecule has 3 amide bonds. The van der Waals surface area contributed by atoms with Crippen molar-refractivity contribution in [3.63, 3.8) is 0 Å². The Morgan fingerprint density at radius 1 is 1.19 bits per heavy atom. The van der Waals surface area contributed by atoms with Gasteiger partial charge in [-0.1, -0.05) is 6.07 Å². The number of carboxylic acid groups (broad SMARTS) is 1. The fourth-order valence-corrected chi connectivity index (χ4v) is 4.36. The molecular weight excluding hydrogens is 400 g/mol. The highest BCUT2D eigenvalue weighted by molar-refractivity contribution is 5.83. The average Bonchev–Trinajstić information content (AvgIpc) is 2.75. The summed E-state index contributed by atoms with van der Waals surface area (Å²) in [6.07, 6.45) is 6.32. The van der Waals surface area contributed by atoms with E-state index < -0.39 is 23.5 Å². The smallest absolute Gasteiger partial charge is 0.329 e. The first kappa shape index (κ1) is 23.0. The van der Waals surface area contributed by atoms with E-state index in [4.69, 9.17) is 4.98 Å². The van der Waals surface area contributed by atoms with E-state index in [1.807, 2.05) is 0 Å². The summed E-state index contributed by atoms with van der Waals surface area (Å²) in [4.78, 5) is 41.5. The summed E-state index contributed by atoms with van der Waals surface area (Å²) in [5.41, 5.74) is 2.05. The molecule has 0 spiro atoms. The maximum atomic E-state index is 12.4. The molecule has 1 saturated heterocycles. The van der Waals surface area contributed by atoms with Crippen LogP contribution in [-0.2, 0) is 28.9 Å². The fourth-order valence-electron chi connectivity index (χ4n) is 4.36. The van der Waals surface area contributed by atoms with Crippen LogP contribution in [0.3, 0.4) is 0 Å². The number of aryl methyl sites for hydroxylation is 3. The SMILES string of the molecule is CC(=O)N[C@H](C(=O)O)C1(O)CCN(C(=O)NCCCc2ccc3c(n2)CCCC3)CC1. The van der Waals surface area contributed by atoms with Gasteiger partial charge >= 0.3 is 12.0 Å². The molecule has 3 rings (SSSR count). The van der Waals surface area contributed by atoms with Gasteiger partial charge in [-0.25, -0.2) is 9.59 Å². The van der Waals surface area contributed by atoms with Gasteiger partial charge < -0.3 is 25.7 Å². The molecule has 4 N–H and O–H groups in total. The van der Waals surface area contributed by atoms with Crippen LogP contribution in [0.25, 0.3) is 0 Å². The average molecular weight is 433 g/mol. The number of carbonyl (C=O) groups is 3. The summed E-state index contributed by atoms with van der Waals surface area (Å²) < 4.78 is 0. The molecule has 1 atom stereocenters. The zero-order chi connectivity index (χ0) is 22.4. The highest BCUT2D eigenvalue weighted by Gasteiger charge is 2.45. The summed E-state index contributed by atoms with van der Waals surface area (Å²) in [6, 6.07) is 2.63. The Balaban J connectivity index is 1.42. The van der Waals surface area contributed by atoms with E-state index in [1.54, 1.807) is 4.90 Å². The van der Waals surface area contributed by atoms with E-state index in [0.29, 0.717) is 6.54 Å². The van der Waals surface area contributed by atoms with Gasteiger partial charge in [0, 0.05) is 37.9 Å². The Labute approximate surface area is 182 Å². The number of likely N-dealkylation sites (tertiary alicyclic amines) is 1. The molecule has 0 aromatic carbocycles. The van der Waals surface area contributed by atoms with Gasteiger partial charge in [0.15, 0.2) is 6.04 Å². The van der Waals surface area contributed by atoms with Crippen molar-refractivity contribution in [2.24, 2.45) is 0 Å².